The van der Waals surface area contributed by atoms with Gasteiger partial charge in [-0.3, -0.25) is 0 Å². The molecule has 0 unspecified atom stereocenters. The highest BCUT2D eigenvalue weighted by Crippen LogP contribution is 2.28. The van der Waals surface area contributed by atoms with Gasteiger partial charge in [0.25, 0.3) is 0 Å². The van der Waals surface area contributed by atoms with Gasteiger partial charge in [-0.1, -0.05) is 54.1 Å². The average Bonchev–Trinajstić information content (AvgIpc) is 2.75. The van der Waals surface area contributed by atoms with Gasteiger partial charge in [0.05, 0.1) is 29.0 Å². The van der Waals surface area contributed by atoms with E-state index in [9.17, 15) is 0 Å². The predicted octanol–water partition coefficient (Wildman–Crippen LogP) is 5.67. The molecule has 0 saturated heterocycles. The Kier molecular flexibility index (Phi) is 6.89. The second-order valence-corrected chi connectivity index (χ2v) is 7.21. The molecule has 0 spiro atoms. The molecular formula is C25H27N3O. The normalized spacial score (nSPS) is 12.6. The molecule has 2 atom stereocenters. The summed E-state index contributed by atoms with van der Waals surface area (Å²) >= 11 is 0. The predicted molar refractivity (Wildman–Crippen MR) is 119 cm³/mol. The van der Waals surface area contributed by atoms with Gasteiger partial charge < -0.3 is 15.4 Å². The van der Waals surface area contributed by atoms with Gasteiger partial charge in [0.15, 0.2) is 0 Å². The lowest BCUT2D eigenvalue weighted by atomic mass is 10.0. The van der Waals surface area contributed by atoms with Crippen LogP contribution in [0.15, 0.2) is 72.8 Å². The van der Waals surface area contributed by atoms with Crippen molar-refractivity contribution in [1.29, 1.82) is 5.26 Å². The molecule has 0 aromatic heterocycles. The first-order chi connectivity index (χ1) is 14.1. The third-order valence-electron chi connectivity index (χ3n) is 4.99. The number of benzene rings is 3. The summed E-state index contributed by atoms with van der Waals surface area (Å²) < 4.78 is 5.79. The number of rotatable bonds is 8. The summed E-state index contributed by atoms with van der Waals surface area (Å²) in [5.74, 6) is 0. The van der Waals surface area contributed by atoms with Crippen LogP contribution in [0.25, 0.3) is 0 Å². The van der Waals surface area contributed by atoms with Crippen LogP contribution >= 0.6 is 0 Å². The molecule has 0 amide bonds. The van der Waals surface area contributed by atoms with E-state index in [0.717, 1.165) is 22.5 Å². The highest BCUT2D eigenvalue weighted by Gasteiger charge is 2.19. The van der Waals surface area contributed by atoms with E-state index < -0.39 is 0 Å². The average molecular weight is 386 g/mol. The van der Waals surface area contributed by atoms with E-state index in [2.05, 4.69) is 66.9 Å². The summed E-state index contributed by atoms with van der Waals surface area (Å²) in [7, 11) is 1.75. The minimum atomic E-state index is -0.0535. The number of nitrogens with one attached hydrogen (secondary N) is 2. The van der Waals surface area contributed by atoms with Crippen molar-refractivity contribution >= 4 is 11.4 Å². The zero-order chi connectivity index (χ0) is 20.6. The molecule has 29 heavy (non-hydrogen) atoms. The molecule has 0 aliphatic heterocycles. The monoisotopic (exact) mass is 385 g/mol. The maximum atomic E-state index is 8.93. The highest BCUT2D eigenvalue weighted by atomic mass is 16.5. The van der Waals surface area contributed by atoms with Crippen LogP contribution in [0.4, 0.5) is 11.4 Å². The molecule has 0 radical (unpaired) electrons. The minimum absolute atomic E-state index is 0.0535. The molecular weight excluding hydrogens is 358 g/mol. The number of ether oxygens (including phenoxy) is 1. The first-order valence-corrected chi connectivity index (χ1v) is 9.78. The van der Waals surface area contributed by atoms with Crippen molar-refractivity contribution in [3.63, 3.8) is 0 Å². The maximum absolute atomic E-state index is 8.93. The van der Waals surface area contributed by atoms with Crippen molar-refractivity contribution in [2.45, 2.75) is 32.5 Å². The second kappa shape index (κ2) is 9.77. The second-order valence-electron chi connectivity index (χ2n) is 7.21. The molecule has 2 N–H and O–H groups in total. The van der Waals surface area contributed by atoms with Gasteiger partial charge in [-0.05, 0) is 49.2 Å². The molecule has 3 aromatic rings. The largest absolute Gasteiger partial charge is 0.379 e. The molecule has 0 saturated carbocycles. The number of hydrogen-bond donors (Lipinski definition) is 2. The van der Waals surface area contributed by atoms with Crippen LogP contribution < -0.4 is 10.6 Å². The highest BCUT2D eigenvalue weighted by molar-refractivity contribution is 5.69. The van der Waals surface area contributed by atoms with E-state index in [1.54, 1.807) is 7.11 Å². The fraction of sp³-hybridized carbons (Fsp3) is 0.240. The Morgan fingerprint density at radius 2 is 1.59 bits per heavy atom. The van der Waals surface area contributed by atoms with Crippen LogP contribution in [-0.4, -0.2) is 13.2 Å². The Morgan fingerprint density at radius 1 is 0.931 bits per heavy atom. The molecule has 4 nitrogen and oxygen atoms in total. The summed E-state index contributed by atoms with van der Waals surface area (Å²) in [6, 6.07) is 26.5. The van der Waals surface area contributed by atoms with Gasteiger partial charge in [0.1, 0.15) is 6.10 Å². The van der Waals surface area contributed by atoms with Crippen molar-refractivity contribution in [2.75, 3.05) is 17.7 Å². The van der Waals surface area contributed by atoms with Crippen LogP contribution in [0, 0.1) is 18.3 Å². The number of aryl methyl sites for hydroxylation is 1. The van der Waals surface area contributed by atoms with Crippen LogP contribution in [-0.2, 0) is 11.3 Å². The van der Waals surface area contributed by atoms with Crippen LogP contribution in [0.2, 0.25) is 0 Å². The van der Waals surface area contributed by atoms with Crippen LogP contribution in [0.1, 0.15) is 35.3 Å². The number of para-hydroxylation sites is 2. The van der Waals surface area contributed by atoms with Crippen molar-refractivity contribution in [3.8, 4) is 6.07 Å². The van der Waals surface area contributed by atoms with E-state index in [1.807, 2.05) is 36.4 Å². The van der Waals surface area contributed by atoms with Gasteiger partial charge in [-0.2, -0.15) is 5.26 Å². The van der Waals surface area contributed by atoms with Gasteiger partial charge in [0.2, 0.25) is 0 Å². The Morgan fingerprint density at radius 3 is 2.21 bits per heavy atom. The first kappa shape index (κ1) is 20.4. The number of anilines is 2. The van der Waals surface area contributed by atoms with Crippen molar-refractivity contribution in [2.24, 2.45) is 0 Å². The molecule has 148 valence electrons. The third-order valence-corrected chi connectivity index (χ3v) is 4.99. The molecule has 0 aliphatic carbocycles. The minimum Gasteiger partial charge on any atom is -0.379 e. The zero-order valence-corrected chi connectivity index (χ0v) is 17.1. The molecule has 0 bridgehead atoms. The third kappa shape index (κ3) is 5.37. The van der Waals surface area contributed by atoms with Gasteiger partial charge in [-0.25, -0.2) is 0 Å². The lowest BCUT2D eigenvalue weighted by Gasteiger charge is -2.26. The molecule has 0 aliphatic rings. The summed E-state index contributed by atoms with van der Waals surface area (Å²) in [5.41, 5.74) is 6.25. The van der Waals surface area contributed by atoms with Gasteiger partial charge in [0, 0.05) is 13.7 Å². The van der Waals surface area contributed by atoms with Gasteiger partial charge >= 0.3 is 0 Å². The standard InChI is InChI=1S/C25H27N3O/c1-18-8-14-22(15-9-18)25(29-3)19(2)28-24-7-5-4-6-23(24)27-17-21-12-10-20(16-26)11-13-21/h4-15,19,25,27-28H,17H2,1-3H3/t19-,25-/m0/s1. The molecule has 3 rings (SSSR count). The smallest absolute Gasteiger partial charge is 0.102 e. The maximum Gasteiger partial charge on any atom is 0.102 e. The number of nitrogens with zero attached hydrogens (tertiary/aromatic N) is 1. The Labute approximate surface area is 173 Å². The van der Waals surface area contributed by atoms with Gasteiger partial charge in [-0.15, -0.1) is 0 Å². The van der Waals surface area contributed by atoms with E-state index in [4.69, 9.17) is 10.00 Å². The van der Waals surface area contributed by atoms with E-state index >= 15 is 0 Å². The first-order valence-electron chi connectivity index (χ1n) is 9.78. The summed E-state index contributed by atoms with van der Waals surface area (Å²) in [5, 5.41) is 16.0. The number of methoxy groups -OCH3 is 1. The number of hydrogen-bond acceptors (Lipinski definition) is 4. The Bertz CT molecular complexity index is 959. The molecule has 0 fully saturated rings. The zero-order valence-electron chi connectivity index (χ0n) is 17.1. The Balaban J connectivity index is 1.70. The molecule has 0 heterocycles. The Hall–Kier alpha value is -3.29. The number of nitriles is 1. The quantitative estimate of drug-likeness (QED) is 0.525. The van der Waals surface area contributed by atoms with Crippen LogP contribution in [0.3, 0.4) is 0 Å². The fourth-order valence-corrected chi connectivity index (χ4v) is 3.36. The SMILES string of the molecule is CO[C@H](c1ccc(C)cc1)[C@H](C)Nc1ccccc1NCc1ccc(C#N)cc1. The van der Waals surface area contributed by atoms with Crippen molar-refractivity contribution in [3.05, 3.63) is 95.1 Å². The summed E-state index contributed by atoms with van der Waals surface area (Å²) in [4.78, 5) is 0. The molecule has 4 heteroatoms. The molecule has 3 aromatic carbocycles. The lowest BCUT2D eigenvalue weighted by molar-refractivity contribution is 0.0908. The topological polar surface area (TPSA) is 57.1 Å². The summed E-state index contributed by atoms with van der Waals surface area (Å²) in [6.07, 6.45) is -0.0535. The lowest BCUT2D eigenvalue weighted by Crippen LogP contribution is -2.26. The van der Waals surface area contributed by atoms with E-state index in [0.29, 0.717) is 12.1 Å². The van der Waals surface area contributed by atoms with E-state index in [1.165, 1.54) is 5.56 Å². The van der Waals surface area contributed by atoms with Crippen molar-refractivity contribution < 1.29 is 4.74 Å². The van der Waals surface area contributed by atoms with E-state index in [-0.39, 0.29) is 12.1 Å². The summed E-state index contributed by atoms with van der Waals surface area (Å²) in [6.45, 7) is 4.90. The fourth-order valence-electron chi connectivity index (χ4n) is 3.36. The van der Waals surface area contributed by atoms with Crippen LogP contribution in [0.5, 0.6) is 0 Å². The van der Waals surface area contributed by atoms with Crippen molar-refractivity contribution in [1.82, 2.24) is 0 Å².